The van der Waals surface area contributed by atoms with Crippen LogP contribution in [0.4, 0.5) is 0 Å². The third-order valence-corrected chi connectivity index (χ3v) is 4.19. The van der Waals surface area contributed by atoms with Gasteiger partial charge in [0, 0.05) is 5.56 Å². The molecular formula is C14H13NO7. The fourth-order valence-electron chi connectivity index (χ4n) is 3.09. The van der Waals surface area contributed by atoms with E-state index in [-0.39, 0.29) is 29.6 Å². The molecule has 0 fully saturated rings. The maximum atomic E-state index is 12.2. The van der Waals surface area contributed by atoms with Crippen LogP contribution in [0.15, 0.2) is 12.1 Å². The zero-order chi connectivity index (χ0) is 15.6. The van der Waals surface area contributed by atoms with Gasteiger partial charge >= 0.3 is 0 Å². The molecule has 1 aromatic carbocycles. The van der Waals surface area contributed by atoms with E-state index in [1.807, 2.05) is 0 Å². The average molecular weight is 307 g/mol. The molecule has 3 aliphatic rings. The van der Waals surface area contributed by atoms with Crippen LogP contribution in [0.2, 0.25) is 0 Å². The van der Waals surface area contributed by atoms with Crippen molar-refractivity contribution in [3.8, 4) is 17.2 Å². The molecule has 1 aliphatic carbocycles. The molecule has 2 heterocycles. The lowest BCUT2D eigenvalue weighted by atomic mass is 9.79. The normalized spacial score (nSPS) is 32.0. The molecular weight excluding hydrogens is 294 g/mol. The number of hydrogen-bond acceptors (Lipinski definition) is 7. The Morgan fingerprint density at radius 2 is 1.95 bits per heavy atom. The molecule has 0 saturated heterocycles. The van der Waals surface area contributed by atoms with E-state index in [4.69, 9.17) is 9.47 Å². The van der Waals surface area contributed by atoms with Gasteiger partial charge in [-0.05, 0) is 17.7 Å². The van der Waals surface area contributed by atoms with Gasteiger partial charge in [-0.3, -0.25) is 4.79 Å². The zero-order valence-electron chi connectivity index (χ0n) is 11.2. The van der Waals surface area contributed by atoms with Crippen LogP contribution in [0.1, 0.15) is 15.9 Å². The van der Waals surface area contributed by atoms with Gasteiger partial charge in [0.05, 0.1) is 11.6 Å². The number of carbonyl (C=O) groups excluding carboxylic acids is 1. The molecule has 4 atom stereocenters. The minimum Gasteiger partial charge on any atom is -0.504 e. The fourth-order valence-corrected chi connectivity index (χ4v) is 3.09. The molecule has 2 aliphatic heterocycles. The van der Waals surface area contributed by atoms with E-state index in [0.717, 1.165) is 0 Å². The SMILES string of the molecule is O=C1NC2C(=C[C@H](O)[C@@H](O)[C@H]2O)c2cc3c(c(O)c21)OCO3. The first-order valence-electron chi connectivity index (χ1n) is 6.71. The Balaban J connectivity index is 1.95. The van der Waals surface area contributed by atoms with Crippen molar-refractivity contribution in [1.29, 1.82) is 0 Å². The average Bonchev–Trinajstić information content (AvgIpc) is 2.95. The van der Waals surface area contributed by atoms with E-state index < -0.39 is 30.3 Å². The minimum atomic E-state index is -1.40. The van der Waals surface area contributed by atoms with Crippen molar-refractivity contribution in [2.45, 2.75) is 24.4 Å². The standard InChI is InChI=1S/C14H13NO7/c16-6-1-5-4-2-7-13(22-3-21-7)11(18)8(4)14(20)15-9(5)12(19)10(6)17/h1-2,6,9-10,12,16-19H,3H2,(H,15,20)/t6-,9?,10+,12-/m0/s1. The number of phenols is 1. The van der Waals surface area contributed by atoms with Crippen molar-refractivity contribution in [2.24, 2.45) is 0 Å². The fraction of sp³-hybridized carbons (Fsp3) is 0.357. The molecule has 5 N–H and O–H groups in total. The minimum absolute atomic E-state index is 0.0115. The lowest BCUT2D eigenvalue weighted by Gasteiger charge is -2.39. The van der Waals surface area contributed by atoms with E-state index in [1.54, 1.807) is 0 Å². The van der Waals surface area contributed by atoms with E-state index >= 15 is 0 Å². The summed E-state index contributed by atoms with van der Waals surface area (Å²) in [5.41, 5.74) is 0.733. The summed E-state index contributed by atoms with van der Waals surface area (Å²) in [7, 11) is 0. The highest BCUT2D eigenvalue weighted by Crippen LogP contribution is 2.48. The van der Waals surface area contributed by atoms with Gasteiger partial charge in [0.15, 0.2) is 11.5 Å². The first-order chi connectivity index (χ1) is 10.5. The number of aliphatic hydroxyl groups is 3. The maximum Gasteiger partial charge on any atom is 0.256 e. The van der Waals surface area contributed by atoms with Gasteiger partial charge in [0.1, 0.15) is 18.3 Å². The third-order valence-electron chi connectivity index (χ3n) is 4.19. The number of amides is 1. The van der Waals surface area contributed by atoms with Crippen molar-refractivity contribution in [3.05, 3.63) is 23.3 Å². The van der Waals surface area contributed by atoms with E-state index in [1.165, 1.54) is 12.1 Å². The largest absolute Gasteiger partial charge is 0.504 e. The summed E-state index contributed by atoms with van der Waals surface area (Å²) in [6, 6.07) is 0.643. The summed E-state index contributed by atoms with van der Waals surface area (Å²) < 4.78 is 10.3. The molecule has 1 amide bonds. The van der Waals surface area contributed by atoms with Gasteiger partial charge < -0.3 is 35.2 Å². The molecule has 116 valence electrons. The molecule has 22 heavy (non-hydrogen) atoms. The molecule has 0 aromatic heterocycles. The van der Waals surface area contributed by atoms with Crippen LogP contribution >= 0.6 is 0 Å². The lowest BCUT2D eigenvalue weighted by molar-refractivity contribution is -0.0535. The van der Waals surface area contributed by atoms with Crippen molar-refractivity contribution < 1.29 is 34.7 Å². The molecule has 0 saturated carbocycles. The number of benzene rings is 1. The summed E-state index contributed by atoms with van der Waals surface area (Å²) in [5, 5.41) is 42.4. The van der Waals surface area contributed by atoms with Crippen molar-refractivity contribution in [2.75, 3.05) is 6.79 Å². The molecule has 0 spiro atoms. The smallest absolute Gasteiger partial charge is 0.256 e. The van der Waals surface area contributed by atoms with E-state index in [9.17, 15) is 25.2 Å². The summed E-state index contributed by atoms with van der Waals surface area (Å²) >= 11 is 0. The topological polar surface area (TPSA) is 128 Å². The molecule has 8 nitrogen and oxygen atoms in total. The van der Waals surface area contributed by atoms with Crippen LogP contribution in [0.3, 0.4) is 0 Å². The van der Waals surface area contributed by atoms with Gasteiger partial charge in [0.2, 0.25) is 12.5 Å². The third kappa shape index (κ3) is 1.59. The monoisotopic (exact) mass is 307 g/mol. The van der Waals surface area contributed by atoms with E-state index in [2.05, 4.69) is 5.32 Å². The Morgan fingerprint density at radius 3 is 2.73 bits per heavy atom. The Bertz CT molecular complexity index is 714. The Hall–Kier alpha value is -2.29. The van der Waals surface area contributed by atoms with Crippen LogP contribution in [-0.2, 0) is 0 Å². The summed E-state index contributed by atoms with van der Waals surface area (Å²) in [6.45, 7) is -0.0696. The van der Waals surface area contributed by atoms with Crippen molar-refractivity contribution >= 4 is 11.5 Å². The number of ether oxygens (including phenoxy) is 2. The second kappa shape index (κ2) is 4.35. The zero-order valence-corrected chi connectivity index (χ0v) is 11.2. The second-order valence-electron chi connectivity index (χ2n) is 5.43. The summed E-state index contributed by atoms with van der Waals surface area (Å²) in [6.07, 6.45) is -2.70. The number of phenolic OH excluding ortho intramolecular Hbond substituents is 1. The molecule has 4 rings (SSSR count). The number of hydrogen-bond donors (Lipinski definition) is 5. The Morgan fingerprint density at radius 1 is 1.18 bits per heavy atom. The molecule has 8 heteroatoms. The quantitative estimate of drug-likeness (QED) is 0.403. The van der Waals surface area contributed by atoms with Gasteiger partial charge in [-0.1, -0.05) is 0 Å². The predicted molar refractivity (Wildman–Crippen MR) is 71.5 cm³/mol. The van der Waals surface area contributed by atoms with Gasteiger partial charge in [0.25, 0.3) is 5.91 Å². The first-order valence-corrected chi connectivity index (χ1v) is 6.71. The van der Waals surface area contributed by atoms with Crippen LogP contribution in [0.5, 0.6) is 17.2 Å². The Kier molecular flexibility index (Phi) is 2.65. The number of carbonyl (C=O) groups is 1. The Labute approximate surface area is 124 Å². The predicted octanol–water partition coefficient (Wildman–Crippen LogP) is -1.29. The summed E-state index contributed by atoms with van der Waals surface area (Å²) in [4.78, 5) is 12.2. The van der Waals surface area contributed by atoms with E-state index in [0.29, 0.717) is 11.1 Å². The maximum absolute atomic E-state index is 12.2. The lowest BCUT2D eigenvalue weighted by Crippen LogP contribution is -2.57. The van der Waals surface area contributed by atoms with Gasteiger partial charge in [-0.25, -0.2) is 0 Å². The molecule has 0 bridgehead atoms. The van der Waals surface area contributed by atoms with Crippen LogP contribution in [-0.4, -0.2) is 57.5 Å². The number of fused-ring (bicyclic) bond motifs is 4. The number of nitrogens with one attached hydrogen (secondary N) is 1. The highest BCUT2D eigenvalue weighted by molar-refractivity contribution is 6.07. The number of rotatable bonds is 0. The first kappa shape index (κ1) is 13.4. The van der Waals surface area contributed by atoms with Crippen molar-refractivity contribution in [1.82, 2.24) is 5.32 Å². The second-order valence-corrected chi connectivity index (χ2v) is 5.43. The van der Waals surface area contributed by atoms with Crippen LogP contribution in [0, 0.1) is 0 Å². The van der Waals surface area contributed by atoms with Crippen molar-refractivity contribution in [3.63, 3.8) is 0 Å². The van der Waals surface area contributed by atoms with Crippen LogP contribution in [0.25, 0.3) is 5.57 Å². The molecule has 1 aromatic rings. The highest BCUT2D eigenvalue weighted by atomic mass is 16.7. The number of aromatic hydroxyl groups is 1. The summed E-state index contributed by atoms with van der Waals surface area (Å²) in [5.74, 6) is -0.585. The van der Waals surface area contributed by atoms with Crippen LogP contribution < -0.4 is 14.8 Å². The number of aliphatic hydroxyl groups excluding tert-OH is 3. The van der Waals surface area contributed by atoms with Gasteiger partial charge in [-0.2, -0.15) is 0 Å². The molecule has 1 unspecified atom stereocenters. The highest BCUT2D eigenvalue weighted by Gasteiger charge is 2.44. The molecule has 0 radical (unpaired) electrons. The van der Waals surface area contributed by atoms with Gasteiger partial charge in [-0.15, -0.1) is 0 Å².